The number of hydrogen-bond acceptors (Lipinski definition) is 4. The molecule has 0 radical (unpaired) electrons. The monoisotopic (exact) mass is 229 g/mol. The number of aliphatic hydroxyl groups excluding tert-OH is 1. The highest BCUT2D eigenvalue weighted by Crippen LogP contribution is 1.98. The van der Waals surface area contributed by atoms with Crippen LogP contribution in [0.5, 0.6) is 0 Å². The summed E-state index contributed by atoms with van der Waals surface area (Å²) >= 11 is 0. The molecule has 0 bridgehead atoms. The van der Waals surface area contributed by atoms with Crippen LogP contribution in [0, 0.1) is 0 Å². The molecule has 0 aromatic heterocycles. The van der Waals surface area contributed by atoms with Gasteiger partial charge in [-0.2, -0.15) is 0 Å². The van der Waals surface area contributed by atoms with Crippen molar-refractivity contribution in [1.29, 1.82) is 0 Å². The van der Waals surface area contributed by atoms with Gasteiger partial charge in [0.15, 0.2) is 0 Å². The minimum atomic E-state index is 0.0428. The van der Waals surface area contributed by atoms with Crippen molar-refractivity contribution < 1.29 is 9.90 Å². The summed E-state index contributed by atoms with van der Waals surface area (Å²) < 4.78 is 0. The van der Waals surface area contributed by atoms with E-state index in [4.69, 9.17) is 5.11 Å². The second-order valence-electron chi connectivity index (χ2n) is 4.08. The summed E-state index contributed by atoms with van der Waals surface area (Å²) in [5, 5.41) is 12.2. The zero-order valence-corrected chi connectivity index (χ0v) is 10.1. The van der Waals surface area contributed by atoms with Gasteiger partial charge in [-0.25, -0.2) is 0 Å². The summed E-state index contributed by atoms with van der Waals surface area (Å²) in [5.74, 6) is 0.124. The summed E-state index contributed by atoms with van der Waals surface area (Å²) in [6.07, 6.45) is 1.10. The van der Waals surface area contributed by atoms with Crippen molar-refractivity contribution in [1.82, 2.24) is 15.1 Å². The molecule has 0 unspecified atom stereocenters. The normalized spacial score (nSPS) is 18.1. The van der Waals surface area contributed by atoms with E-state index in [2.05, 4.69) is 10.2 Å². The van der Waals surface area contributed by atoms with Gasteiger partial charge in [0.05, 0.1) is 13.2 Å². The standard InChI is InChI=1S/C11H23N3O2/c1-2-14(8-9-15)11(16)10-13-6-3-4-12-5-7-13/h12,15H,2-10H2,1H3. The molecule has 1 saturated heterocycles. The molecular weight excluding hydrogens is 206 g/mol. The zero-order chi connectivity index (χ0) is 11.8. The van der Waals surface area contributed by atoms with Gasteiger partial charge in [0.2, 0.25) is 5.91 Å². The van der Waals surface area contributed by atoms with E-state index >= 15 is 0 Å². The lowest BCUT2D eigenvalue weighted by atomic mass is 10.3. The molecule has 0 atom stereocenters. The van der Waals surface area contributed by atoms with Crippen LogP contribution in [0.25, 0.3) is 0 Å². The molecule has 2 N–H and O–H groups in total. The highest BCUT2D eigenvalue weighted by molar-refractivity contribution is 5.78. The summed E-state index contributed by atoms with van der Waals surface area (Å²) in [6, 6.07) is 0. The third-order valence-corrected chi connectivity index (χ3v) is 2.90. The van der Waals surface area contributed by atoms with Crippen LogP contribution in [0.2, 0.25) is 0 Å². The minimum absolute atomic E-state index is 0.0428. The predicted molar refractivity (Wildman–Crippen MR) is 63.3 cm³/mol. The zero-order valence-electron chi connectivity index (χ0n) is 10.1. The van der Waals surface area contributed by atoms with Crippen molar-refractivity contribution in [2.24, 2.45) is 0 Å². The SMILES string of the molecule is CCN(CCO)C(=O)CN1CCCNCC1. The Balaban J connectivity index is 2.35. The Morgan fingerprint density at radius 1 is 1.44 bits per heavy atom. The average molecular weight is 229 g/mol. The van der Waals surface area contributed by atoms with E-state index in [-0.39, 0.29) is 12.5 Å². The molecular formula is C11H23N3O2. The largest absolute Gasteiger partial charge is 0.395 e. The Kier molecular flexibility index (Phi) is 6.37. The first-order chi connectivity index (χ1) is 7.77. The van der Waals surface area contributed by atoms with Crippen LogP contribution in [0.3, 0.4) is 0 Å². The molecule has 0 spiro atoms. The molecule has 16 heavy (non-hydrogen) atoms. The van der Waals surface area contributed by atoms with Gasteiger partial charge in [-0.05, 0) is 26.4 Å². The summed E-state index contributed by atoms with van der Waals surface area (Å²) in [5.41, 5.74) is 0. The predicted octanol–water partition coefficient (Wildman–Crippen LogP) is -0.877. The van der Waals surface area contributed by atoms with Crippen molar-refractivity contribution in [3.8, 4) is 0 Å². The number of rotatable bonds is 5. The lowest BCUT2D eigenvalue weighted by Crippen LogP contribution is -2.42. The summed E-state index contributed by atoms with van der Waals surface area (Å²) in [4.78, 5) is 15.8. The van der Waals surface area contributed by atoms with E-state index in [1.165, 1.54) is 0 Å². The van der Waals surface area contributed by atoms with Crippen LogP contribution in [-0.4, -0.2) is 73.2 Å². The first-order valence-corrected chi connectivity index (χ1v) is 6.09. The Morgan fingerprint density at radius 3 is 2.94 bits per heavy atom. The molecule has 1 rings (SSSR count). The second kappa shape index (κ2) is 7.60. The van der Waals surface area contributed by atoms with E-state index in [9.17, 15) is 4.79 Å². The van der Waals surface area contributed by atoms with Gasteiger partial charge in [-0.3, -0.25) is 9.69 Å². The Morgan fingerprint density at radius 2 is 2.25 bits per heavy atom. The van der Waals surface area contributed by atoms with E-state index in [0.717, 1.165) is 32.6 Å². The Bertz CT molecular complexity index is 203. The third-order valence-electron chi connectivity index (χ3n) is 2.90. The smallest absolute Gasteiger partial charge is 0.236 e. The van der Waals surface area contributed by atoms with Gasteiger partial charge in [0, 0.05) is 26.2 Å². The van der Waals surface area contributed by atoms with E-state index < -0.39 is 0 Å². The lowest BCUT2D eigenvalue weighted by Gasteiger charge is -2.25. The number of likely N-dealkylation sites (N-methyl/N-ethyl adjacent to an activating group) is 1. The number of carbonyl (C=O) groups is 1. The van der Waals surface area contributed by atoms with E-state index in [0.29, 0.717) is 19.6 Å². The van der Waals surface area contributed by atoms with Gasteiger partial charge < -0.3 is 15.3 Å². The number of aliphatic hydroxyl groups is 1. The van der Waals surface area contributed by atoms with Gasteiger partial charge in [-0.1, -0.05) is 0 Å². The van der Waals surface area contributed by atoms with E-state index in [1.807, 2.05) is 6.92 Å². The molecule has 1 amide bonds. The minimum Gasteiger partial charge on any atom is -0.395 e. The average Bonchev–Trinajstić information content (AvgIpc) is 2.54. The summed E-state index contributed by atoms with van der Waals surface area (Å²) in [7, 11) is 0. The van der Waals surface area contributed by atoms with Gasteiger partial charge in [-0.15, -0.1) is 0 Å². The van der Waals surface area contributed by atoms with Crippen LogP contribution >= 0.6 is 0 Å². The molecule has 1 aliphatic heterocycles. The maximum atomic E-state index is 11.9. The Labute approximate surface area is 97.4 Å². The fraction of sp³-hybridized carbons (Fsp3) is 0.909. The number of carbonyl (C=O) groups excluding carboxylic acids is 1. The van der Waals surface area contributed by atoms with Gasteiger partial charge in [0.1, 0.15) is 0 Å². The van der Waals surface area contributed by atoms with Crippen LogP contribution in [0.4, 0.5) is 0 Å². The molecule has 0 aliphatic carbocycles. The fourth-order valence-electron chi connectivity index (χ4n) is 1.93. The van der Waals surface area contributed by atoms with Crippen molar-refractivity contribution in [3.05, 3.63) is 0 Å². The molecule has 1 aliphatic rings. The van der Waals surface area contributed by atoms with Crippen LogP contribution in [-0.2, 0) is 4.79 Å². The quantitative estimate of drug-likeness (QED) is 0.643. The molecule has 94 valence electrons. The number of hydrogen-bond donors (Lipinski definition) is 2. The molecule has 5 nitrogen and oxygen atoms in total. The van der Waals surface area contributed by atoms with Crippen LogP contribution in [0.15, 0.2) is 0 Å². The first-order valence-electron chi connectivity index (χ1n) is 6.09. The highest BCUT2D eigenvalue weighted by atomic mass is 16.3. The maximum absolute atomic E-state index is 11.9. The number of nitrogens with zero attached hydrogens (tertiary/aromatic N) is 2. The van der Waals surface area contributed by atoms with Crippen molar-refractivity contribution in [2.45, 2.75) is 13.3 Å². The van der Waals surface area contributed by atoms with E-state index in [1.54, 1.807) is 4.90 Å². The lowest BCUT2D eigenvalue weighted by molar-refractivity contribution is -0.132. The molecule has 1 heterocycles. The second-order valence-corrected chi connectivity index (χ2v) is 4.08. The number of nitrogens with one attached hydrogen (secondary N) is 1. The van der Waals surface area contributed by atoms with Crippen molar-refractivity contribution >= 4 is 5.91 Å². The maximum Gasteiger partial charge on any atom is 0.236 e. The van der Waals surface area contributed by atoms with Crippen molar-refractivity contribution in [2.75, 3.05) is 52.4 Å². The topological polar surface area (TPSA) is 55.8 Å². The third kappa shape index (κ3) is 4.47. The van der Waals surface area contributed by atoms with Crippen molar-refractivity contribution in [3.63, 3.8) is 0 Å². The first kappa shape index (κ1) is 13.4. The molecule has 0 aromatic carbocycles. The molecule has 5 heteroatoms. The van der Waals surface area contributed by atoms with Gasteiger partial charge >= 0.3 is 0 Å². The molecule has 0 aromatic rings. The van der Waals surface area contributed by atoms with Crippen LogP contribution < -0.4 is 5.32 Å². The summed E-state index contributed by atoms with van der Waals surface area (Å²) in [6.45, 7) is 7.50. The highest BCUT2D eigenvalue weighted by Gasteiger charge is 2.16. The molecule has 1 fully saturated rings. The van der Waals surface area contributed by atoms with Crippen LogP contribution in [0.1, 0.15) is 13.3 Å². The number of amides is 1. The fourth-order valence-corrected chi connectivity index (χ4v) is 1.93. The Hall–Kier alpha value is -0.650. The van der Waals surface area contributed by atoms with Gasteiger partial charge in [0.25, 0.3) is 0 Å². The molecule has 0 saturated carbocycles.